The van der Waals surface area contributed by atoms with Gasteiger partial charge in [0.15, 0.2) is 0 Å². The Balaban J connectivity index is 1.93. The van der Waals surface area contributed by atoms with Crippen molar-refractivity contribution in [2.45, 2.75) is 31.4 Å². The number of rotatable bonds is 5. The predicted molar refractivity (Wildman–Crippen MR) is 85.8 cm³/mol. The van der Waals surface area contributed by atoms with E-state index in [1.54, 1.807) is 12.1 Å². The molecule has 1 atom stereocenters. The summed E-state index contributed by atoms with van der Waals surface area (Å²) in [5, 5.41) is 6.93. The average molecular weight is 314 g/mol. The molecule has 0 bridgehead atoms. The molecular weight excluding hydrogens is 294 g/mol. The van der Waals surface area contributed by atoms with Gasteiger partial charge in [-0.2, -0.15) is 11.8 Å². The first kappa shape index (κ1) is 15.4. The van der Waals surface area contributed by atoms with E-state index in [4.69, 9.17) is 11.6 Å². The van der Waals surface area contributed by atoms with Crippen molar-refractivity contribution < 1.29 is 4.79 Å². The minimum atomic E-state index is -0.0837. The van der Waals surface area contributed by atoms with Crippen molar-refractivity contribution in [3.05, 3.63) is 22.8 Å². The van der Waals surface area contributed by atoms with Crippen LogP contribution >= 0.6 is 23.4 Å². The maximum Gasteiger partial charge on any atom is 0.251 e. The Hall–Kier alpha value is -0.940. The lowest BCUT2D eigenvalue weighted by atomic mass is 10.2. The molecule has 1 aliphatic rings. The zero-order chi connectivity index (χ0) is 14.4. The summed E-state index contributed by atoms with van der Waals surface area (Å²) in [5.74, 6) is 1.75. The van der Waals surface area contributed by atoms with E-state index in [0.717, 1.165) is 13.1 Å². The third-order valence-corrected chi connectivity index (χ3v) is 4.77. The molecule has 1 amide bonds. The Morgan fingerprint density at radius 3 is 3.05 bits per heavy atom. The van der Waals surface area contributed by atoms with Crippen molar-refractivity contribution in [1.29, 1.82) is 0 Å². The quantitative estimate of drug-likeness (QED) is 0.820. The first-order chi connectivity index (χ1) is 9.69. The third-order valence-electron chi connectivity index (χ3n) is 3.18. The van der Waals surface area contributed by atoms with Gasteiger partial charge in [-0.3, -0.25) is 4.79 Å². The van der Waals surface area contributed by atoms with Crippen molar-refractivity contribution in [3.8, 4) is 0 Å². The van der Waals surface area contributed by atoms with Crippen molar-refractivity contribution in [3.63, 3.8) is 0 Å². The Bertz CT molecular complexity index is 464. The molecule has 1 unspecified atom stereocenters. The second kappa shape index (κ2) is 7.74. The molecule has 1 aliphatic heterocycles. The second-order valence-electron chi connectivity index (χ2n) is 4.79. The van der Waals surface area contributed by atoms with Crippen LogP contribution in [0.25, 0.3) is 0 Å². The van der Waals surface area contributed by atoms with Crippen LogP contribution in [0.15, 0.2) is 12.1 Å². The van der Waals surface area contributed by atoms with Gasteiger partial charge in [-0.05, 0) is 37.7 Å². The first-order valence-electron chi connectivity index (χ1n) is 7.00. The number of nitrogens with zero attached hydrogens (tertiary/aromatic N) is 1. The number of hydrogen-bond donors (Lipinski definition) is 2. The highest BCUT2D eigenvalue weighted by molar-refractivity contribution is 7.99. The molecule has 0 aromatic carbocycles. The van der Waals surface area contributed by atoms with Crippen LogP contribution < -0.4 is 10.6 Å². The summed E-state index contributed by atoms with van der Waals surface area (Å²) in [6, 6.07) is 3.34. The highest BCUT2D eigenvalue weighted by Crippen LogP contribution is 2.24. The van der Waals surface area contributed by atoms with Gasteiger partial charge in [-0.15, -0.1) is 0 Å². The van der Waals surface area contributed by atoms with Gasteiger partial charge in [0.2, 0.25) is 0 Å². The Kier molecular flexibility index (Phi) is 5.98. The van der Waals surface area contributed by atoms with Crippen molar-refractivity contribution in [2.75, 3.05) is 24.2 Å². The van der Waals surface area contributed by atoms with E-state index < -0.39 is 0 Å². The number of carbonyl (C=O) groups excluding carboxylic acids is 1. The summed E-state index contributed by atoms with van der Waals surface area (Å²) >= 11 is 7.89. The highest BCUT2D eigenvalue weighted by Gasteiger charge is 2.16. The lowest BCUT2D eigenvalue weighted by Gasteiger charge is -2.21. The van der Waals surface area contributed by atoms with Crippen LogP contribution in [0.1, 0.15) is 36.5 Å². The zero-order valence-electron chi connectivity index (χ0n) is 11.6. The summed E-state index contributed by atoms with van der Waals surface area (Å²) in [6.45, 7) is 3.44. The largest absolute Gasteiger partial charge is 0.370 e. The Morgan fingerprint density at radius 2 is 2.35 bits per heavy atom. The molecule has 2 N–H and O–H groups in total. The van der Waals surface area contributed by atoms with Crippen molar-refractivity contribution >= 4 is 35.1 Å². The average Bonchev–Trinajstić information content (AvgIpc) is 2.45. The summed E-state index contributed by atoms with van der Waals surface area (Å²) in [4.78, 5) is 16.3. The molecule has 1 fully saturated rings. The number of nitrogens with one attached hydrogen (secondary N) is 2. The number of aromatic nitrogens is 1. The molecule has 2 rings (SSSR count). The number of amides is 1. The van der Waals surface area contributed by atoms with Crippen LogP contribution in [0.4, 0.5) is 5.82 Å². The molecule has 0 radical (unpaired) electrons. The maximum absolute atomic E-state index is 12.2. The van der Waals surface area contributed by atoms with Gasteiger partial charge in [0, 0.05) is 23.9 Å². The van der Waals surface area contributed by atoms with Gasteiger partial charge < -0.3 is 10.6 Å². The SMILES string of the molecule is CCNc1cc(C(=O)NCC2CCCCS2)cc(Cl)n1. The topological polar surface area (TPSA) is 54.0 Å². The van der Waals surface area contributed by atoms with E-state index in [1.807, 2.05) is 18.7 Å². The van der Waals surface area contributed by atoms with Crippen LogP contribution in [0.5, 0.6) is 0 Å². The van der Waals surface area contributed by atoms with E-state index in [0.29, 0.717) is 21.8 Å². The minimum Gasteiger partial charge on any atom is -0.370 e. The highest BCUT2D eigenvalue weighted by atomic mass is 35.5. The van der Waals surface area contributed by atoms with Gasteiger partial charge in [-0.25, -0.2) is 4.98 Å². The van der Waals surface area contributed by atoms with E-state index in [-0.39, 0.29) is 5.91 Å². The van der Waals surface area contributed by atoms with Gasteiger partial charge in [0.25, 0.3) is 5.91 Å². The fourth-order valence-corrected chi connectivity index (χ4v) is 3.62. The first-order valence-corrected chi connectivity index (χ1v) is 8.43. The summed E-state index contributed by atoms with van der Waals surface area (Å²) < 4.78 is 0. The lowest BCUT2D eigenvalue weighted by Crippen LogP contribution is -2.32. The number of pyridine rings is 1. The molecule has 1 saturated heterocycles. The standard InChI is InChI=1S/C14H20ClN3OS/c1-2-16-13-8-10(7-12(15)18-13)14(19)17-9-11-5-3-4-6-20-11/h7-8,11H,2-6,9H2,1H3,(H,16,18)(H,17,19). The fraction of sp³-hybridized carbons (Fsp3) is 0.571. The number of anilines is 1. The summed E-state index contributed by atoms with van der Waals surface area (Å²) in [6.07, 6.45) is 3.74. The van der Waals surface area contributed by atoms with Crippen LogP contribution in [-0.4, -0.2) is 35.0 Å². The molecule has 4 nitrogen and oxygen atoms in total. The van der Waals surface area contributed by atoms with Gasteiger partial charge in [-0.1, -0.05) is 18.0 Å². The second-order valence-corrected chi connectivity index (χ2v) is 6.59. The molecule has 0 saturated carbocycles. The molecule has 1 aromatic heterocycles. The molecule has 0 aliphatic carbocycles. The molecule has 110 valence electrons. The van der Waals surface area contributed by atoms with Gasteiger partial charge >= 0.3 is 0 Å². The summed E-state index contributed by atoms with van der Waals surface area (Å²) in [5.41, 5.74) is 0.557. The molecule has 0 spiro atoms. The molecular formula is C14H20ClN3OS. The molecule has 6 heteroatoms. The van der Waals surface area contributed by atoms with Gasteiger partial charge in [0.05, 0.1) is 0 Å². The van der Waals surface area contributed by atoms with Crippen LogP contribution in [0, 0.1) is 0 Å². The Labute approximate surface area is 129 Å². The monoisotopic (exact) mass is 313 g/mol. The molecule has 20 heavy (non-hydrogen) atoms. The van der Waals surface area contributed by atoms with Crippen LogP contribution in [0.3, 0.4) is 0 Å². The van der Waals surface area contributed by atoms with Crippen molar-refractivity contribution in [2.24, 2.45) is 0 Å². The van der Waals surface area contributed by atoms with E-state index in [2.05, 4.69) is 15.6 Å². The predicted octanol–water partition coefficient (Wildman–Crippen LogP) is 3.18. The van der Waals surface area contributed by atoms with Gasteiger partial charge in [0.1, 0.15) is 11.0 Å². The van der Waals surface area contributed by atoms with Crippen molar-refractivity contribution in [1.82, 2.24) is 10.3 Å². The fourth-order valence-electron chi connectivity index (χ4n) is 2.18. The number of halogens is 1. The minimum absolute atomic E-state index is 0.0837. The Morgan fingerprint density at radius 1 is 1.50 bits per heavy atom. The lowest BCUT2D eigenvalue weighted by molar-refractivity contribution is 0.0953. The smallest absolute Gasteiger partial charge is 0.251 e. The maximum atomic E-state index is 12.2. The third kappa shape index (κ3) is 4.56. The van der Waals surface area contributed by atoms with Crippen LogP contribution in [-0.2, 0) is 0 Å². The van der Waals surface area contributed by atoms with Crippen LogP contribution in [0.2, 0.25) is 5.15 Å². The van der Waals surface area contributed by atoms with E-state index in [9.17, 15) is 4.79 Å². The van der Waals surface area contributed by atoms with E-state index >= 15 is 0 Å². The molecule has 1 aromatic rings. The number of hydrogen-bond acceptors (Lipinski definition) is 4. The van der Waals surface area contributed by atoms with E-state index in [1.165, 1.54) is 25.0 Å². The normalized spacial score (nSPS) is 18.6. The zero-order valence-corrected chi connectivity index (χ0v) is 13.2. The number of thioether (sulfide) groups is 1. The summed E-state index contributed by atoms with van der Waals surface area (Å²) in [7, 11) is 0. The molecule has 2 heterocycles. The number of carbonyl (C=O) groups is 1.